The van der Waals surface area contributed by atoms with Crippen LogP contribution in [0.2, 0.25) is 0 Å². The van der Waals surface area contributed by atoms with Crippen LogP contribution in [0.1, 0.15) is 0 Å². The first kappa shape index (κ1) is 24.8. The molecule has 8 rings (SSSR count). The fourth-order valence-corrected chi connectivity index (χ4v) is 5.38. The molecule has 195 valence electrons. The van der Waals surface area contributed by atoms with Crippen LogP contribution in [0.3, 0.4) is 0 Å². The normalized spacial score (nSPS) is 11.0. The fraction of sp³-hybridized carbons (Fsp3) is 0. The summed E-state index contributed by atoms with van der Waals surface area (Å²) in [5.74, 6) is 0.496. The van der Waals surface area contributed by atoms with E-state index in [1.807, 2.05) is 72.8 Å². The third-order valence-electron chi connectivity index (χ3n) is 7.24. The topological polar surface area (TPSA) is 55.7 Å². The Morgan fingerprint density at radius 1 is 0.439 bits per heavy atom. The van der Waals surface area contributed by atoms with Crippen LogP contribution in [0.15, 0.2) is 148 Å². The smallest absolute Gasteiger partial charge is 0.535 e. The van der Waals surface area contributed by atoms with E-state index in [0.717, 1.165) is 44.2 Å². The Kier molecular flexibility index (Phi) is 6.48. The highest BCUT2D eigenvalue weighted by Crippen LogP contribution is 2.39. The average Bonchev–Trinajstić information content (AvgIpc) is 3.62. The highest BCUT2D eigenvalue weighted by Gasteiger charge is 2.15. The molecule has 8 aromatic rings. The number of hydrogen-bond donors (Lipinski definition) is 1. The summed E-state index contributed by atoms with van der Waals surface area (Å²) >= 11 is 0. The SMILES string of the molecule is O[B]Oc1cccc2c1oc1c(-c3ccccc3)cccc12.c1ccc(-c2cccc3c2oc2ccccc23)cc1. The van der Waals surface area contributed by atoms with Crippen LogP contribution in [0.4, 0.5) is 0 Å². The van der Waals surface area contributed by atoms with E-state index in [-0.39, 0.29) is 0 Å². The summed E-state index contributed by atoms with van der Waals surface area (Å²) in [6.45, 7) is 0. The van der Waals surface area contributed by atoms with E-state index in [1.165, 1.54) is 16.3 Å². The average molecular weight is 531 g/mol. The second kappa shape index (κ2) is 10.7. The standard InChI is InChI=1S/C18H12BO3.C18H12O/c20-19-22-16-11-5-10-15-14-9-4-8-13(17(14)21-18(15)16)12-6-2-1-3-7-12;1-2-7-13(8-3-1)14-10-6-11-16-15-9-4-5-12-17(15)19-18(14)16/h1-11,20H;1-12H. The lowest BCUT2D eigenvalue weighted by Gasteiger charge is -2.01. The highest BCUT2D eigenvalue weighted by molar-refractivity contribution is 6.19. The van der Waals surface area contributed by atoms with Crippen molar-refractivity contribution in [1.82, 2.24) is 0 Å². The van der Waals surface area contributed by atoms with Gasteiger partial charge >= 0.3 is 7.69 Å². The van der Waals surface area contributed by atoms with Crippen LogP contribution >= 0.6 is 0 Å². The molecule has 6 aromatic carbocycles. The number of benzene rings is 6. The van der Waals surface area contributed by atoms with Gasteiger partial charge in [0.15, 0.2) is 5.58 Å². The van der Waals surface area contributed by atoms with Crippen molar-refractivity contribution in [2.24, 2.45) is 0 Å². The molecule has 0 unspecified atom stereocenters. The monoisotopic (exact) mass is 531 g/mol. The minimum atomic E-state index is 0.496. The van der Waals surface area contributed by atoms with Crippen LogP contribution in [0, 0.1) is 0 Å². The van der Waals surface area contributed by atoms with Gasteiger partial charge in [-0.1, -0.05) is 127 Å². The van der Waals surface area contributed by atoms with Crippen molar-refractivity contribution >= 4 is 51.6 Å². The van der Waals surface area contributed by atoms with Crippen molar-refractivity contribution in [2.45, 2.75) is 0 Å². The molecule has 1 radical (unpaired) electrons. The molecule has 0 bridgehead atoms. The third kappa shape index (κ3) is 4.52. The Hall–Kier alpha value is -5.26. The van der Waals surface area contributed by atoms with E-state index in [2.05, 4.69) is 60.7 Å². The maximum atomic E-state index is 8.90. The second-order valence-corrected chi connectivity index (χ2v) is 9.65. The Bertz CT molecular complexity index is 2110. The first-order chi connectivity index (χ1) is 20.3. The zero-order valence-corrected chi connectivity index (χ0v) is 22.0. The van der Waals surface area contributed by atoms with Crippen LogP contribution in [0.25, 0.3) is 66.1 Å². The van der Waals surface area contributed by atoms with Gasteiger partial charge in [-0.15, -0.1) is 0 Å². The van der Waals surface area contributed by atoms with Gasteiger partial charge in [0.1, 0.15) is 22.5 Å². The second-order valence-electron chi connectivity index (χ2n) is 9.65. The van der Waals surface area contributed by atoms with Gasteiger partial charge in [0, 0.05) is 32.7 Å². The lowest BCUT2D eigenvalue weighted by Crippen LogP contribution is -1.99. The molecule has 0 saturated carbocycles. The van der Waals surface area contributed by atoms with Gasteiger partial charge in [0.25, 0.3) is 0 Å². The molecular formula is C36H24BO4. The number of fused-ring (bicyclic) bond motifs is 6. The number of furan rings is 2. The van der Waals surface area contributed by atoms with Crippen molar-refractivity contribution in [2.75, 3.05) is 0 Å². The summed E-state index contributed by atoms with van der Waals surface area (Å²) < 4.78 is 17.2. The van der Waals surface area contributed by atoms with Crippen molar-refractivity contribution < 1.29 is 18.5 Å². The first-order valence-electron chi connectivity index (χ1n) is 13.4. The quantitative estimate of drug-likeness (QED) is 0.230. The molecule has 0 fully saturated rings. The molecule has 0 aliphatic rings. The number of para-hydroxylation sites is 4. The fourth-order valence-electron chi connectivity index (χ4n) is 5.38. The largest absolute Gasteiger partial charge is 0.569 e. The van der Waals surface area contributed by atoms with Crippen molar-refractivity contribution in [3.63, 3.8) is 0 Å². The molecule has 4 nitrogen and oxygen atoms in total. The van der Waals surface area contributed by atoms with E-state index in [4.69, 9.17) is 18.5 Å². The van der Waals surface area contributed by atoms with E-state index < -0.39 is 0 Å². The van der Waals surface area contributed by atoms with Crippen LogP contribution < -0.4 is 4.65 Å². The molecule has 0 saturated heterocycles. The summed E-state index contributed by atoms with van der Waals surface area (Å²) in [7, 11) is 0.667. The number of hydrogen-bond acceptors (Lipinski definition) is 4. The molecule has 41 heavy (non-hydrogen) atoms. The minimum Gasteiger partial charge on any atom is -0.535 e. The Morgan fingerprint density at radius 3 is 1.56 bits per heavy atom. The lowest BCUT2D eigenvalue weighted by atomic mass is 10.0. The van der Waals surface area contributed by atoms with Gasteiger partial charge in [-0.3, -0.25) is 0 Å². The van der Waals surface area contributed by atoms with Gasteiger partial charge in [-0.05, 0) is 23.3 Å². The van der Waals surface area contributed by atoms with Gasteiger partial charge in [-0.2, -0.15) is 0 Å². The van der Waals surface area contributed by atoms with Crippen LogP contribution in [0.5, 0.6) is 5.75 Å². The zero-order valence-electron chi connectivity index (χ0n) is 22.0. The van der Waals surface area contributed by atoms with E-state index in [1.54, 1.807) is 6.07 Å². The summed E-state index contributed by atoms with van der Waals surface area (Å²) in [6, 6.07) is 46.7. The van der Waals surface area contributed by atoms with E-state index >= 15 is 0 Å². The van der Waals surface area contributed by atoms with Gasteiger partial charge in [-0.25, -0.2) is 0 Å². The number of rotatable bonds is 4. The third-order valence-corrected chi connectivity index (χ3v) is 7.24. The predicted octanol–water partition coefficient (Wildman–Crippen LogP) is 9.41. The lowest BCUT2D eigenvalue weighted by molar-refractivity contribution is 0.451. The Balaban J connectivity index is 0.000000136. The first-order valence-corrected chi connectivity index (χ1v) is 13.4. The zero-order chi connectivity index (χ0) is 27.6. The minimum absolute atomic E-state index is 0.496. The summed E-state index contributed by atoms with van der Waals surface area (Å²) in [5, 5.41) is 13.2. The molecule has 1 N–H and O–H groups in total. The maximum Gasteiger partial charge on any atom is 0.569 e. The summed E-state index contributed by atoms with van der Waals surface area (Å²) in [4.78, 5) is 0. The van der Waals surface area contributed by atoms with Crippen LogP contribution in [-0.4, -0.2) is 12.7 Å². The molecule has 0 aliphatic carbocycles. The Labute approximate surface area is 237 Å². The molecule has 0 amide bonds. The van der Waals surface area contributed by atoms with Crippen LogP contribution in [-0.2, 0) is 0 Å². The molecule has 0 aliphatic heterocycles. The predicted molar refractivity (Wildman–Crippen MR) is 167 cm³/mol. The summed E-state index contributed by atoms with van der Waals surface area (Å²) in [5.41, 5.74) is 7.83. The molecular weight excluding hydrogens is 507 g/mol. The molecule has 2 heterocycles. The molecule has 5 heteroatoms. The highest BCUT2D eigenvalue weighted by atomic mass is 16.5. The van der Waals surface area contributed by atoms with E-state index in [9.17, 15) is 0 Å². The molecule has 2 aromatic heterocycles. The van der Waals surface area contributed by atoms with Gasteiger partial charge in [0.2, 0.25) is 0 Å². The van der Waals surface area contributed by atoms with Gasteiger partial charge < -0.3 is 18.5 Å². The summed E-state index contributed by atoms with van der Waals surface area (Å²) in [6.07, 6.45) is 0. The Morgan fingerprint density at radius 2 is 0.927 bits per heavy atom. The molecule has 0 spiro atoms. The van der Waals surface area contributed by atoms with Crippen molar-refractivity contribution in [3.8, 4) is 28.0 Å². The van der Waals surface area contributed by atoms with Crippen molar-refractivity contribution in [3.05, 3.63) is 140 Å². The van der Waals surface area contributed by atoms with E-state index in [0.29, 0.717) is 19.0 Å². The molecule has 0 atom stereocenters. The van der Waals surface area contributed by atoms with Gasteiger partial charge in [0.05, 0.1) is 0 Å². The van der Waals surface area contributed by atoms with Crippen molar-refractivity contribution in [1.29, 1.82) is 0 Å². The maximum absolute atomic E-state index is 8.90.